The van der Waals surface area contributed by atoms with Crippen molar-refractivity contribution in [3.8, 4) is 11.5 Å². The molecule has 1 fully saturated rings. The van der Waals surface area contributed by atoms with Gasteiger partial charge in [0.2, 0.25) is 11.8 Å². The Kier molecular flexibility index (Phi) is 3.86. The van der Waals surface area contributed by atoms with E-state index >= 15 is 0 Å². The number of rotatable bonds is 3. The first-order chi connectivity index (χ1) is 9.10. The molecule has 4 N–H and O–H groups in total. The molecule has 0 spiro atoms. The summed E-state index contributed by atoms with van der Waals surface area (Å²) in [6.45, 7) is 0.328. The second-order valence-electron chi connectivity index (χ2n) is 4.11. The van der Waals surface area contributed by atoms with E-state index in [1.54, 1.807) is 12.1 Å². The van der Waals surface area contributed by atoms with Crippen LogP contribution < -0.4 is 20.7 Å². The van der Waals surface area contributed by atoms with E-state index in [9.17, 15) is 14.7 Å². The molecule has 1 aromatic carbocycles. The van der Waals surface area contributed by atoms with Crippen LogP contribution in [-0.2, 0) is 9.59 Å². The minimum Gasteiger partial charge on any atom is -0.506 e. The van der Waals surface area contributed by atoms with Crippen LogP contribution in [0.4, 0.5) is 5.69 Å². The fourth-order valence-corrected chi connectivity index (χ4v) is 1.72. The molecule has 1 aliphatic heterocycles. The number of aromatic hydroxyl groups is 1. The number of amides is 2. The zero-order chi connectivity index (χ0) is 13.8. The molecule has 1 saturated heterocycles. The predicted molar refractivity (Wildman–Crippen MR) is 68.1 cm³/mol. The van der Waals surface area contributed by atoms with E-state index in [1.165, 1.54) is 13.2 Å². The summed E-state index contributed by atoms with van der Waals surface area (Å²) in [5, 5.41) is 17.7. The molecule has 7 nitrogen and oxygen atoms in total. The number of ether oxygens (including phenoxy) is 1. The molecule has 0 saturated carbocycles. The summed E-state index contributed by atoms with van der Waals surface area (Å²) < 4.78 is 4.95. The van der Waals surface area contributed by atoms with E-state index < -0.39 is 6.04 Å². The molecule has 1 heterocycles. The maximum Gasteiger partial charge on any atom is 0.243 e. The molecule has 2 amide bonds. The Balaban J connectivity index is 2.00. The highest BCUT2D eigenvalue weighted by Crippen LogP contribution is 2.27. The van der Waals surface area contributed by atoms with Crippen molar-refractivity contribution in [1.29, 1.82) is 0 Å². The highest BCUT2D eigenvalue weighted by atomic mass is 16.5. The summed E-state index contributed by atoms with van der Waals surface area (Å²) in [5.41, 5.74) is 0.296. The van der Waals surface area contributed by atoms with Crippen LogP contribution in [-0.4, -0.2) is 43.2 Å². The van der Waals surface area contributed by atoms with Crippen molar-refractivity contribution < 1.29 is 19.4 Å². The van der Waals surface area contributed by atoms with E-state index in [-0.39, 0.29) is 30.7 Å². The molecule has 0 aromatic heterocycles. The van der Waals surface area contributed by atoms with Crippen molar-refractivity contribution in [1.82, 2.24) is 10.6 Å². The van der Waals surface area contributed by atoms with E-state index in [1.807, 2.05) is 0 Å². The molecule has 0 aliphatic carbocycles. The number of phenolic OH excluding ortho intramolecular Hbond substituents is 1. The predicted octanol–water partition coefficient (Wildman–Crippen LogP) is -0.573. The first-order valence-electron chi connectivity index (χ1n) is 5.78. The van der Waals surface area contributed by atoms with Crippen LogP contribution >= 0.6 is 0 Å². The van der Waals surface area contributed by atoms with Gasteiger partial charge in [-0.15, -0.1) is 0 Å². The number of phenols is 1. The average Bonchev–Trinajstić information content (AvgIpc) is 2.41. The molecule has 2 rings (SSSR count). The number of benzene rings is 1. The summed E-state index contributed by atoms with van der Waals surface area (Å²) in [6, 6.07) is 4.07. The largest absolute Gasteiger partial charge is 0.506 e. The van der Waals surface area contributed by atoms with Gasteiger partial charge in [0.05, 0.1) is 19.3 Å². The van der Waals surface area contributed by atoms with Gasteiger partial charge in [-0.05, 0) is 12.1 Å². The van der Waals surface area contributed by atoms with E-state index in [2.05, 4.69) is 16.0 Å². The number of hydrogen-bond donors (Lipinski definition) is 4. The lowest BCUT2D eigenvalue weighted by atomic mass is 10.2. The van der Waals surface area contributed by atoms with E-state index in [0.717, 1.165) is 0 Å². The van der Waals surface area contributed by atoms with Crippen LogP contribution in [0, 0.1) is 0 Å². The summed E-state index contributed by atoms with van der Waals surface area (Å²) in [7, 11) is 1.49. The summed E-state index contributed by atoms with van der Waals surface area (Å²) in [5.74, 6) is -0.0390. The second-order valence-corrected chi connectivity index (χ2v) is 4.11. The number of nitrogens with one attached hydrogen (secondary N) is 3. The lowest BCUT2D eigenvalue weighted by molar-refractivity contribution is -0.124. The van der Waals surface area contributed by atoms with Gasteiger partial charge in [-0.2, -0.15) is 0 Å². The molecule has 0 bridgehead atoms. The maximum atomic E-state index is 11.9. The van der Waals surface area contributed by atoms with Crippen LogP contribution in [0.2, 0.25) is 0 Å². The summed E-state index contributed by atoms with van der Waals surface area (Å²) in [6.07, 6.45) is 0. The molecular formula is C12H15N3O4. The number of carbonyl (C=O) groups is 2. The van der Waals surface area contributed by atoms with Crippen LogP contribution in [0.3, 0.4) is 0 Å². The fourth-order valence-electron chi connectivity index (χ4n) is 1.72. The first-order valence-corrected chi connectivity index (χ1v) is 5.78. The van der Waals surface area contributed by atoms with Gasteiger partial charge in [-0.1, -0.05) is 0 Å². The van der Waals surface area contributed by atoms with E-state index in [0.29, 0.717) is 11.4 Å². The quantitative estimate of drug-likeness (QED) is 0.548. The van der Waals surface area contributed by atoms with Gasteiger partial charge in [0.15, 0.2) is 0 Å². The van der Waals surface area contributed by atoms with Crippen molar-refractivity contribution in [3.63, 3.8) is 0 Å². The van der Waals surface area contributed by atoms with Crippen LogP contribution in [0.25, 0.3) is 0 Å². The Labute approximate surface area is 109 Å². The van der Waals surface area contributed by atoms with Crippen LogP contribution in [0.5, 0.6) is 11.5 Å². The second kappa shape index (κ2) is 5.57. The minimum absolute atomic E-state index is 0.0763. The molecule has 19 heavy (non-hydrogen) atoms. The smallest absolute Gasteiger partial charge is 0.243 e. The highest BCUT2D eigenvalue weighted by molar-refractivity contribution is 5.97. The normalized spacial score (nSPS) is 18.6. The van der Waals surface area contributed by atoms with Gasteiger partial charge >= 0.3 is 0 Å². The zero-order valence-electron chi connectivity index (χ0n) is 10.4. The Hall–Kier alpha value is -2.28. The van der Waals surface area contributed by atoms with Gasteiger partial charge < -0.3 is 20.5 Å². The minimum atomic E-state index is -0.515. The molecular weight excluding hydrogens is 250 g/mol. The van der Waals surface area contributed by atoms with Gasteiger partial charge in [0.25, 0.3) is 0 Å². The van der Waals surface area contributed by atoms with Crippen molar-refractivity contribution >= 4 is 17.5 Å². The summed E-state index contributed by atoms with van der Waals surface area (Å²) in [4.78, 5) is 22.9. The Morgan fingerprint density at radius 2 is 2.32 bits per heavy atom. The Morgan fingerprint density at radius 3 is 2.89 bits per heavy atom. The lowest BCUT2D eigenvalue weighted by Crippen LogP contribution is -2.56. The fraction of sp³-hybridized carbons (Fsp3) is 0.333. The molecule has 1 atom stereocenters. The van der Waals surface area contributed by atoms with Crippen molar-refractivity contribution in [2.45, 2.75) is 6.04 Å². The van der Waals surface area contributed by atoms with Crippen molar-refractivity contribution in [3.05, 3.63) is 18.2 Å². The third-order valence-electron chi connectivity index (χ3n) is 2.79. The molecule has 102 valence electrons. The molecule has 1 aromatic rings. The molecule has 1 unspecified atom stereocenters. The number of carbonyl (C=O) groups excluding carboxylic acids is 2. The lowest BCUT2D eigenvalue weighted by Gasteiger charge is -2.23. The molecule has 0 radical (unpaired) electrons. The molecule has 1 aliphatic rings. The average molecular weight is 265 g/mol. The monoisotopic (exact) mass is 265 g/mol. The molecule has 7 heteroatoms. The van der Waals surface area contributed by atoms with Crippen molar-refractivity contribution in [2.24, 2.45) is 0 Å². The Morgan fingerprint density at radius 1 is 1.53 bits per heavy atom. The highest BCUT2D eigenvalue weighted by Gasteiger charge is 2.24. The number of hydrogen-bond acceptors (Lipinski definition) is 5. The topological polar surface area (TPSA) is 99.7 Å². The van der Waals surface area contributed by atoms with Crippen LogP contribution in [0.1, 0.15) is 0 Å². The van der Waals surface area contributed by atoms with E-state index in [4.69, 9.17) is 4.74 Å². The zero-order valence-corrected chi connectivity index (χ0v) is 10.4. The van der Waals surface area contributed by atoms with Crippen LogP contribution in [0.15, 0.2) is 18.2 Å². The first kappa shape index (κ1) is 13.2. The van der Waals surface area contributed by atoms with Crippen molar-refractivity contribution in [2.75, 3.05) is 25.5 Å². The SMILES string of the molecule is COc1ccc(NC(=O)C2CNC(=O)CN2)c(O)c1. The number of methoxy groups -OCH3 is 1. The summed E-state index contributed by atoms with van der Waals surface area (Å²) >= 11 is 0. The third-order valence-corrected chi connectivity index (χ3v) is 2.79. The Bertz CT molecular complexity index is 494. The van der Waals surface area contributed by atoms with Gasteiger partial charge in [-0.25, -0.2) is 0 Å². The van der Waals surface area contributed by atoms with Gasteiger partial charge in [0.1, 0.15) is 17.5 Å². The van der Waals surface area contributed by atoms with Gasteiger partial charge in [-0.3, -0.25) is 14.9 Å². The number of anilines is 1. The number of piperazine rings is 1. The standard InChI is InChI=1S/C12H15N3O4/c1-19-7-2-3-8(10(16)4-7)15-12(18)9-5-14-11(17)6-13-9/h2-4,9,13,16H,5-6H2,1H3,(H,14,17)(H,15,18). The van der Waals surface area contributed by atoms with Gasteiger partial charge in [0, 0.05) is 12.6 Å². The maximum absolute atomic E-state index is 11.9. The third kappa shape index (κ3) is 3.14.